The van der Waals surface area contributed by atoms with Crippen LogP contribution in [0.1, 0.15) is 33.6 Å². The maximum Gasteiger partial charge on any atom is 0.407 e. The lowest BCUT2D eigenvalue weighted by molar-refractivity contribution is 0.0558. The molecule has 0 aromatic heterocycles. The molecule has 1 aromatic carbocycles. The monoisotopic (exact) mass is 325 g/mol. The van der Waals surface area contributed by atoms with Crippen LogP contribution < -0.4 is 11.1 Å². The van der Waals surface area contributed by atoms with Gasteiger partial charge in [-0.2, -0.15) is 0 Å². The van der Waals surface area contributed by atoms with Gasteiger partial charge in [0.2, 0.25) is 0 Å². The number of amides is 1. The van der Waals surface area contributed by atoms with Gasteiger partial charge in [0.1, 0.15) is 0 Å². The lowest BCUT2D eigenvalue weighted by Gasteiger charge is -2.45. The number of carbonyl (C=O) groups is 1. The highest BCUT2D eigenvalue weighted by molar-refractivity contribution is 6.31. The molecule has 0 bridgehead atoms. The lowest BCUT2D eigenvalue weighted by atomic mass is 9.79. The van der Waals surface area contributed by atoms with Crippen molar-refractivity contribution >= 4 is 29.1 Å². The summed E-state index contributed by atoms with van der Waals surface area (Å²) < 4.78 is 0. The molecule has 1 heterocycles. The number of hydrogen-bond donors (Lipinski definition) is 3. The molecule has 1 aliphatic heterocycles. The van der Waals surface area contributed by atoms with Gasteiger partial charge in [-0.1, -0.05) is 32.4 Å². The van der Waals surface area contributed by atoms with Crippen LogP contribution in [-0.4, -0.2) is 34.7 Å². The summed E-state index contributed by atoms with van der Waals surface area (Å²) in [4.78, 5) is 13.0. The molecule has 0 saturated carbocycles. The zero-order valence-corrected chi connectivity index (χ0v) is 14.0. The van der Waals surface area contributed by atoms with Crippen LogP contribution in [0.4, 0.5) is 16.2 Å². The smallest absolute Gasteiger partial charge is 0.407 e. The van der Waals surface area contributed by atoms with Gasteiger partial charge in [-0.15, -0.1) is 0 Å². The lowest BCUT2D eigenvalue weighted by Crippen LogP contribution is -2.54. The number of hydrogen-bond acceptors (Lipinski definition) is 3. The van der Waals surface area contributed by atoms with E-state index in [9.17, 15) is 9.90 Å². The Hall–Kier alpha value is -1.62. The van der Waals surface area contributed by atoms with Crippen LogP contribution in [0.15, 0.2) is 18.2 Å². The molecule has 22 heavy (non-hydrogen) atoms. The summed E-state index contributed by atoms with van der Waals surface area (Å²) in [6.45, 7) is 6.74. The normalized spacial score (nSPS) is 22.5. The summed E-state index contributed by atoms with van der Waals surface area (Å²) in [5.74, 6) is 0. The predicted octanol–water partition coefficient (Wildman–Crippen LogP) is 3.89. The van der Waals surface area contributed by atoms with Crippen molar-refractivity contribution in [3.8, 4) is 0 Å². The molecular formula is C16H24ClN3O2. The summed E-state index contributed by atoms with van der Waals surface area (Å²) >= 11 is 6.02. The van der Waals surface area contributed by atoms with Crippen molar-refractivity contribution < 1.29 is 9.90 Å². The average Bonchev–Trinajstić information content (AvgIpc) is 2.41. The third-order valence-corrected chi connectivity index (χ3v) is 4.46. The van der Waals surface area contributed by atoms with Gasteiger partial charge in [0, 0.05) is 23.7 Å². The average molecular weight is 326 g/mol. The highest BCUT2D eigenvalue weighted by Gasteiger charge is 2.38. The fraction of sp³-hybridized carbons (Fsp3) is 0.562. The van der Waals surface area contributed by atoms with Gasteiger partial charge in [-0.25, -0.2) is 4.79 Å². The van der Waals surface area contributed by atoms with Crippen molar-refractivity contribution in [2.75, 3.05) is 17.6 Å². The number of benzene rings is 1. The Morgan fingerprint density at radius 1 is 1.45 bits per heavy atom. The molecule has 4 N–H and O–H groups in total. The number of halogens is 1. The van der Waals surface area contributed by atoms with E-state index in [0.29, 0.717) is 17.3 Å². The quantitative estimate of drug-likeness (QED) is 0.721. The van der Waals surface area contributed by atoms with Gasteiger partial charge < -0.3 is 21.1 Å². The number of carboxylic acid groups (broad SMARTS) is 1. The van der Waals surface area contributed by atoms with E-state index < -0.39 is 6.09 Å². The molecule has 1 aromatic rings. The van der Waals surface area contributed by atoms with Crippen molar-refractivity contribution in [1.29, 1.82) is 0 Å². The van der Waals surface area contributed by atoms with Gasteiger partial charge in [0.25, 0.3) is 0 Å². The zero-order valence-electron chi connectivity index (χ0n) is 13.3. The summed E-state index contributed by atoms with van der Waals surface area (Å²) in [5, 5.41) is 13.5. The van der Waals surface area contributed by atoms with Crippen LogP contribution in [-0.2, 0) is 0 Å². The number of nitrogens with one attached hydrogen (secondary N) is 1. The SMILES string of the molecule is CC(C)(C)C1CC(Nc2cc(Cl)ccc2N)CCN1C(=O)O. The maximum absolute atomic E-state index is 11.4. The van der Waals surface area contributed by atoms with Crippen LogP contribution >= 0.6 is 11.6 Å². The molecule has 2 rings (SSSR count). The molecule has 1 saturated heterocycles. The standard InChI is InChI=1S/C16H24ClN3O2/c1-16(2,3)14-9-11(6-7-20(14)15(21)22)19-13-8-10(17)4-5-12(13)18/h4-5,8,11,14,19H,6-7,9,18H2,1-3H3,(H,21,22). The van der Waals surface area contributed by atoms with Gasteiger partial charge >= 0.3 is 6.09 Å². The Morgan fingerprint density at radius 2 is 2.14 bits per heavy atom. The zero-order chi connectivity index (χ0) is 16.5. The third kappa shape index (κ3) is 3.77. The molecule has 1 fully saturated rings. The molecule has 0 aliphatic carbocycles. The van der Waals surface area contributed by atoms with Crippen LogP contribution in [0, 0.1) is 5.41 Å². The minimum absolute atomic E-state index is 0.0309. The summed E-state index contributed by atoms with van der Waals surface area (Å²) in [7, 11) is 0. The van der Waals surface area contributed by atoms with Crippen molar-refractivity contribution in [2.24, 2.45) is 5.41 Å². The third-order valence-electron chi connectivity index (χ3n) is 4.22. The van der Waals surface area contributed by atoms with Crippen molar-refractivity contribution in [2.45, 2.75) is 45.7 Å². The van der Waals surface area contributed by atoms with E-state index in [2.05, 4.69) is 26.1 Å². The van der Waals surface area contributed by atoms with Crippen LogP contribution in [0.2, 0.25) is 5.02 Å². The van der Waals surface area contributed by atoms with Gasteiger partial charge in [-0.3, -0.25) is 0 Å². The van der Waals surface area contributed by atoms with E-state index in [1.807, 2.05) is 6.07 Å². The number of nitrogens with two attached hydrogens (primary N) is 1. The van der Waals surface area contributed by atoms with Crippen LogP contribution in [0.3, 0.4) is 0 Å². The first-order valence-electron chi connectivity index (χ1n) is 7.49. The number of nitrogens with zero attached hydrogens (tertiary/aromatic N) is 1. The van der Waals surface area contributed by atoms with Crippen molar-refractivity contribution in [3.05, 3.63) is 23.2 Å². The molecule has 5 nitrogen and oxygen atoms in total. The molecule has 0 radical (unpaired) electrons. The fourth-order valence-corrected chi connectivity index (χ4v) is 3.19. The second kappa shape index (κ2) is 6.24. The molecule has 0 spiro atoms. The maximum atomic E-state index is 11.4. The van der Waals surface area contributed by atoms with E-state index in [-0.39, 0.29) is 17.5 Å². The number of rotatable bonds is 2. The Labute approximate surface area is 136 Å². The molecule has 1 aliphatic rings. The first-order valence-corrected chi connectivity index (χ1v) is 7.87. The summed E-state index contributed by atoms with van der Waals surface area (Å²) in [5.41, 5.74) is 7.33. The van der Waals surface area contributed by atoms with E-state index in [1.54, 1.807) is 17.0 Å². The molecule has 122 valence electrons. The number of nitrogen functional groups attached to an aromatic ring is 1. The molecule has 6 heteroatoms. The largest absolute Gasteiger partial charge is 0.465 e. The molecule has 2 atom stereocenters. The predicted molar refractivity (Wildman–Crippen MR) is 90.5 cm³/mol. The van der Waals surface area contributed by atoms with E-state index >= 15 is 0 Å². The van der Waals surface area contributed by atoms with Crippen LogP contribution in [0.5, 0.6) is 0 Å². The fourth-order valence-electron chi connectivity index (χ4n) is 3.02. The number of likely N-dealkylation sites (tertiary alicyclic amines) is 1. The molecule has 2 unspecified atom stereocenters. The first-order chi connectivity index (χ1) is 10.2. The minimum Gasteiger partial charge on any atom is -0.465 e. The van der Waals surface area contributed by atoms with Crippen LogP contribution in [0.25, 0.3) is 0 Å². The number of piperidine rings is 1. The minimum atomic E-state index is -0.847. The molecule has 1 amide bonds. The van der Waals surface area contributed by atoms with Gasteiger partial charge in [0.05, 0.1) is 11.4 Å². The Morgan fingerprint density at radius 3 is 2.73 bits per heavy atom. The Kier molecular flexibility index (Phi) is 4.75. The Bertz CT molecular complexity index is 557. The Balaban J connectivity index is 2.14. The second-order valence-electron chi connectivity index (χ2n) is 6.96. The summed E-state index contributed by atoms with van der Waals surface area (Å²) in [6, 6.07) is 5.50. The van der Waals surface area contributed by atoms with E-state index in [4.69, 9.17) is 17.3 Å². The molecular weight excluding hydrogens is 302 g/mol. The van der Waals surface area contributed by atoms with Crippen molar-refractivity contribution in [1.82, 2.24) is 4.90 Å². The topological polar surface area (TPSA) is 78.6 Å². The van der Waals surface area contributed by atoms with E-state index in [1.165, 1.54) is 0 Å². The first kappa shape index (κ1) is 16.7. The highest BCUT2D eigenvalue weighted by atomic mass is 35.5. The van der Waals surface area contributed by atoms with Crippen molar-refractivity contribution in [3.63, 3.8) is 0 Å². The van der Waals surface area contributed by atoms with E-state index in [0.717, 1.165) is 18.5 Å². The van der Waals surface area contributed by atoms with Gasteiger partial charge in [0.15, 0.2) is 0 Å². The second-order valence-corrected chi connectivity index (χ2v) is 7.39. The summed E-state index contributed by atoms with van der Waals surface area (Å²) in [6.07, 6.45) is 0.660. The van der Waals surface area contributed by atoms with Gasteiger partial charge in [-0.05, 0) is 36.5 Å². The highest BCUT2D eigenvalue weighted by Crippen LogP contribution is 2.34. The number of anilines is 2.